The Balaban J connectivity index is 2.23. The maximum Gasteiger partial charge on any atom is 0.354 e. The molecule has 1 aromatic rings. The van der Waals surface area contributed by atoms with Crippen LogP contribution in [0.1, 0.15) is 35.6 Å². The van der Waals surface area contributed by atoms with E-state index in [9.17, 15) is 4.79 Å². The van der Waals surface area contributed by atoms with Crippen LogP contribution in [0.4, 0.5) is 0 Å². The second kappa shape index (κ2) is 5.57. The number of fused-ring (bicyclic) bond motifs is 1. The molecule has 0 saturated heterocycles. The summed E-state index contributed by atoms with van der Waals surface area (Å²) in [7, 11) is 1.96. The highest BCUT2D eigenvalue weighted by Crippen LogP contribution is 2.20. The average Bonchev–Trinajstić information content (AvgIpc) is 2.56. The Morgan fingerprint density at radius 1 is 1.33 bits per heavy atom. The van der Waals surface area contributed by atoms with Gasteiger partial charge in [-0.3, -0.25) is 0 Å². The molecule has 0 fully saturated rings. The fraction of sp³-hybridized carbons (Fsp3) is 0.643. The predicted molar refractivity (Wildman–Crippen MR) is 70.9 cm³/mol. The molecule has 4 nitrogen and oxygen atoms in total. The van der Waals surface area contributed by atoms with Crippen LogP contribution in [0.3, 0.4) is 0 Å². The van der Waals surface area contributed by atoms with E-state index in [0.29, 0.717) is 12.3 Å². The van der Waals surface area contributed by atoms with Crippen molar-refractivity contribution < 1.29 is 9.53 Å². The van der Waals surface area contributed by atoms with Crippen molar-refractivity contribution >= 4 is 5.97 Å². The van der Waals surface area contributed by atoms with Crippen LogP contribution < -0.4 is 0 Å². The number of rotatable bonds is 3. The molecule has 2 heterocycles. The Morgan fingerprint density at radius 3 is 2.72 bits per heavy atom. The zero-order valence-electron chi connectivity index (χ0n) is 11.5. The molecule has 0 amide bonds. The van der Waals surface area contributed by atoms with Crippen LogP contribution in [-0.2, 0) is 24.6 Å². The summed E-state index contributed by atoms with van der Waals surface area (Å²) in [5.74, 6) is -0.208. The summed E-state index contributed by atoms with van der Waals surface area (Å²) in [5.41, 5.74) is 3.28. The van der Waals surface area contributed by atoms with Gasteiger partial charge in [-0.2, -0.15) is 0 Å². The van der Waals surface area contributed by atoms with Gasteiger partial charge in [0.2, 0.25) is 0 Å². The van der Waals surface area contributed by atoms with Crippen molar-refractivity contribution in [3.63, 3.8) is 0 Å². The summed E-state index contributed by atoms with van der Waals surface area (Å²) in [6, 6.07) is 2.01. The fourth-order valence-electron chi connectivity index (χ4n) is 2.62. The molecule has 2 rings (SSSR count). The van der Waals surface area contributed by atoms with Gasteiger partial charge in [0.15, 0.2) is 0 Å². The molecule has 0 atom stereocenters. The molecule has 1 aliphatic rings. The van der Waals surface area contributed by atoms with Crippen LogP contribution in [0, 0.1) is 0 Å². The molecular weight excluding hydrogens is 228 g/mol. The maximum absolute atomic E-state index is 11.8. The smallest absolute Gasteiger partial charge is 0.354 e. The minimum absolute atomic E-state index is 0.208. The number of ether oxygens (including phenoxy) is 1. The van der Waals surface area contributed by atoms with Crippen molar-refractivity contribution in [2.45, 2.75) is 26.7 Å². The van der Waals surface area contributed by atoms with Crippen molar-refractivity contribution in [3.8, 4) is 0 Å². The van der Waals surface area contributed by atoms with Gasteiger partial charge in [-0.05, 0) is 31.5 Å². The summed E-state index contributed by atoms with van der Waals surface area (Å²) in [6.07, 6.45) is 2.04. The molecule has 1 aromatic heterocycles. The third-order valence-electron chi connectivity index (χ3n) is 3.74. The molecule has 1 aliphatic heterocycles. The van der Waals surface area contributed by atoms with Crippen molar-refractivity contribution in [1.29, 1.82) is 0 Å². The number of hydrogen-bond donors (Lipinski definition) is 0. The largest absolute Gasteiger partial charge is 0.461 e. The lowest BCUT2D eigenvalue weighted by Gasteiger charge is -2.16. The first-order valence-electron chi connectivity index (χ1n) is 6.74. The minimum Gasteiger partial charge on any atom is -0.461 e. The van der Waals surface area contributed by atoms with E-state index in [-0.39, 0.29) is 5.97 Å². The lowest BCUT2D eigenvalue weighted by Crippen LogP contribution is -2.26. The van der Waals surface area contributed by atoms with E-state index in [4.69, 9.17) is 4.74 Å². The number of esters is 1. The third-order valence-corrected chi connectivity index (χ3v) is 3.74. The molecule has 4 heteroatoms. The molecule has 0 N–H and O–H groups in total. The third kappa shape index (κ3) is 2.43. The second-order valence-corrected chi connectivity index (χ2v) is 4.72. The standard InChI is InChI=1S/C14H22N2O2/c1-4-16-8-6-11-10-13(14(17)18-5-2)15(3)12(11)7-9-16/h10H,4-9H2,1-3H3. The van der Waals surface area contributed by atoms with Crippen molar-refractivity contribution in [2.75, 3.05) is 26.2 Å². The number of aromatic nitrogens is 1. The van der Waals surface area contributed by atoms with Gasteiger partial charge in [-0.25, -0.2) is 4.79 Å². The van der Waals surface area contributed by atoms with E-state index in [1.165, 1.54) is 11.3 Å². The Labute approximate surface area is 109 Å². The molecule has 18 heavy (non-hydrogen) atoms. The number of nitrogens with zero attached hydrogens (tertiary/aromatic N) is 2. The summed E-state index contributed by atoms with van der Waals surface area (Å²) in [6.45, 7) is 7.71. The average molecular weight is 250 g/mol. The Kier molecular flexibility index (Phi) is 4.07. The van der Waals surface area contributed by atoms with Crippen LogP contribution in [0.2, 0.25) is 0 Å². The van der Waals surface area contributed by atoms with Gasteiger partial charge in [-0.1, -0.05) is 6.92 Å². The van der Waals surface area contributed by atoms with E-state index in [2.05, 4.69) is 11.8 Å². The number of hydrogen-bond acceptors (Lipinski definition) is 3. The maximum atomic E-state index is 11.8. The number of carbonyl (C=O) groups is 1. The SMILES string of the molecule is CCOC(=O)c1cc2c(n1C)CCN(CC)CC2. The summed E-state index contributed by atoms with van der Waals surface area (Å²) < 4.78 is 7.10. The van der Waals surface area contributed by atoms with Crippen LogP contribution in [0.25, 0.3) is 0 Å². The first kappa shape index (κ1) is 13.1. The van der Waals surface area contributed by atoms with E-state index in [1.807, 2.05) is 24.6 Å². The van der Waals surface area contributed by atoms with Gasteiger partial charge in [0.1, 0.15) is 5.69 Å². The van der Waals surface area contributed by atoms with Crippen LogP contribution in [0.5, 0.6) is 0 Å². The molecule has 0 radical (unpaired) electrons. The number of likely N-dealkylation sites (N-methyl/N-ethyl adjacent to an activating group) is 1. The molecule has 0 aromatic carbocycles. The molecular formula is C14H22N2O2. The van der Waals surface area contributed by atoms with E-state index >= 15 is 0 Å². The molecule has 0 saturated carbocycles. The second-order valence-electron chi connectivity index (χ2n) is 4.72. The normalized spacial score (nSPS) is 16.2. The van der Waals surface area contributed by atoms with Crippen LogP contribution in [-0.4, -0.2) is 41.7 Å². The predicted octanol–water partition coefficient (Wildman–Crippen LogP) is 1.62. The van der Waals surface area contributed by atoms with Crippen LogP contribution >= 0.6 is 0 Å². The zero-order chi connectivity index (χ0) is 13.1. The van der Waals surface area contributed by atoms with E-state index in [0.717, 1.165) is 32.5 Å². The van der Waals surface area contributed by atoms with Crippen molar-refractivity contribution in [1.82, 2.24) is 9.47 Å². The number of carbonyl (C=O) groups excluding carboxylic acids is 1. The molecule has 0 aliphatic carbocycles. The molecule has 100 valence electrons. The Bertz CT molecular complexity index is 437. The monoisotopic (exact) mass is 250 g/mol. The zero-order valence-corrected chi connectivity index (χ0v) is 11.5. The topological polar surface area (TPSA) is 34.5 Å². The van der Waals surface area contributed by atoms with E-state index in [1.54, 1.807) is 0 Å². The highest BCUT2D eigenvalue weighted by molar-refractivity contribution is 5.88. The van der Waals surface area contributed by atoms with Gasteiger partial charge in [0, 0.05) is 32.3 Å². The Morgan fingerprint density at radius 2 is 2.06 bits per heavy atom. The quantitative estimate of drug-likeness (QED) is 0.765. The van der Waals surface area contributed by atoms with Gasteiger partial charge >= 0.3 is 5.97 Å². The van der Waals surface area contributed by atoms with Gasteiger partial charge in [-0.15, -0.1) is 0 Å². The first-order chi connectivity index (χ1) is 8.67. The molecule has 0 spiro atoms. The van der Waals surface area contributed by atoms with Crippen LogP contribution in [0.15, 0.2) is 6.07 Å². The lowest BCUT2D eigenvalue weighted by molar-refractivity contribution is 0.0515. The molecule has 0 bridgehead atoms. The molecule has 0 unspecified atom stereocenters. The van der Waals surface area contributed by atoms with Gasteiger partial charge in [0.05, 0.1) is 6.61 Å². The summed E-state index contributed by atoms with van der Waals surface area (Å²) >= 11 is 0. The lowest BCUT2D eigenvalue weighted by atomic mass is 10.1. The Hall–Kier alpha value is -1.29. The highest BCUT2D eigenvalue weighted by Gasteiger charge is 2.21. The minimum atomic E-state index is -0.208. The first-order valence-corrected chi connectivity index (χ1v) is 6.74. The fourth-order valence-corrected chi connectivity index (χ4v) is 2.62. The summed E-state index contributed by atoms with van der Waals surface area (Å²) in [5, 5.41) is 0. The summed E-state index contributed by atoms with van der Waals surface area (Å²) in [4.78, 5) is 14.3. The van der Waals surface area contributed by atoms with E-state index < -0.39 is 0 Å². The van der Waals surface area contributed by atoms with Crippen molar-refractivity contribution in [2.24, 2.45) is 7.05 Å². The highest BCUT2D eigenvalue weighted by atomic mass is 16.5. The van der Waals surface area contributed by atoms with Crippen molar-refractivity contribution in [3.05, 3.63) is 23.0 Å². The van der Waals surface area contributed by atoms with Gasteiger partial charge in [0.25, 0.3) is 0 Å². The van der Waals surface area contributed by atoms with Gasteiger partial charge < -0.3 is 14.2 Å².